The summed E-state index contributed by atoms with van der Waals surface area (Å²) in [4.78, 5) is 22.2. The van der Waals surface area contributed by atoms with Crippen molar-refractivity contribution < 1.29 is 9.59 Å². The van der Waals surface area contributed by atoms with Crippen molar-refractivity contribution in [1.29, 1.82) is 0 Å². The molecule has 28 heavy (non-hydrogen) atoms. The highest BCUT2D eigenvalue weighted by Crippen LogP contribution is 2.11. The molecule has 0 aromatic heterocycles. The fourth-order valence-electron chi connectivity index (χ4n) is 2.73. The lowest BCUT2D eigenvalue weighted by Crippen LogP contribution is -1.95. The molecule has 2 nitrogen and oxygen atoms in total. The Hall–Kier alpha value is -2.74. The molecule has 0 atom stereocenters. The molecule has 0 aliphatic heterocycles. The van der Waals surface area contributed by atoms with Crippen LogP contribution in [0.5, 0.6) is 0 Å². The molecule has 0 saturated carbocycles. The molecule has 0 heterocycles. The lowest BCUT2D eigenvalue weighted by molar-refractivity contribution is -0.115. The summed E-state index contributed by atoms with van der Waals surface area (Å²) in [6.45, 7) is 9.62. The topological polar surface area (TPSA) is 34.1 Å². The summed E-state index contributed by atoms with van der Waals surface area (Å²) in [6, 6.07) is 16.3. The average molecular weight is 377 g/mol. The zero-order chi connectivity index (χ0) is 20.8. The van der Waals surface area contributed by atoms with E-state index in [9.17, 15) is 9.59 Å². The molecular weight excluding hydrogens is 344 g/mol. The maximum Gasteiger partial charge on any atom is 0.155 e. The van der Waals surface area contributed by atoms with Gasteiger partial charge in [0.1, 0.15) is 0 Å². The van der Waals surface area contributed by atoms with Gasteiger partial charge in [0.25, 0.3) is 0 Å². The number of carbonyl (C=O) groups excluding carboxylic acids is 2. The van der Waals surface area contributed by atoms with Gasteiger partial charge in [-0.15, -0.1) is 0 Å². The van der Waals surface area contributed by atoms with E-state index in [1.54, 1.807) is 6.08 Å². The standard InChI is InChI=1S/2C13H16O/c1-3-13(14)10-6-9-12-8-5-4-7-11(12)2;1-3-6-13(14)10-9-12-8-5-4-7-11(12)2/h3-5,7-8H,1,6,9-10H2,2H3;4-5,7-10H,3,6H2,1-2H3. The predicted octanol–water partition coefficient (Wildman–Crippen LogP) is 6.45. The van der Waals surface area contributed by atoms with Crippen LogP contribution in [0, 0.1) is 13.8 Å². The van der Waals surface area contributed by atoms with Crippen molar-refractivity contribution >= 4 is 17.6 Å². The van der Waals surface area contributed by atoms with Crippen LogP contribution in [0.2, 0.25) is 0 Å². The molecule has 2 aromatic carbocycles. The minimum atomic E-state index is 0.138. The maximum absolute atomic E-state index is 11.2. The summed E-state index contributed by atoms with van der Waals surface area (Å²) in [5.74, 6) is 0.342. The summed E-state index contributed by atoms with van der Waals surface area (Å²) in [5, 5.41) is 0. The Morgan fingerprint density at radius 3 is 2.14 bits per heavy atom. The van der Waals surface area contributed by atoms with Gasteiger partial charge in [-0.1, -0.05) is 68.1 Å². The van der Waals surface area contributed by atoms with Gasteiger partial charge in [-0.2, -0.15) is 0 Å². The normalized spacial score (nSPS) is 10.2. The number of allylic oxidation sites excluding steroid dienone is 2. The summed E-state index contributed by atoms with van der Waals surface area (Å²) >= 11 is 0. The number of benzene rings is 2. The summed E-state index contributed by atoms with van der Waals surface area (Å²) in [7, 11) is 0. The second kappa shape index (κ2) is 13.4. The first-order valence-electron chi connectivity index (χ1n) is 9.94. The molecule has 148 valence electrons. The summed E-state index contributed by atoms with van der Waals surface area (Å²) < 4.78 is 0. The van der Waals surface area contributed by atoms with Gasteiger partial charge in [0.2, 0.25) is 0 Å². The number of carbonyl (C=O) groups is 2. The first-order chi connectivity index (χ1) is 13.5. The maximum atomic E-state index is 11.2. The second-order valence-electron chi connectivity index (χ2n) is 6.86. The van der Waals surface area contributed by atoms with Crippen molar-refractivity contribution in [2.75, 3.05) is 0 Å². The second-order valence-corrected chi connectivity index (χ2v) is 6.86. The molecule has 0 bridgehead atoms. The van der Waals surface area contributed by atoms with E-state index < -0.39 is 0 Å². The number of hydrogen-bond donors (Lipinski definition) is 0. The Bertz CT molecular complexity index is 800. The van der Waals surface area contributed by atoms with E-state index in [4.69, 9.17) is 0 Å². The third-order valence-electron chi connectivity index (χ3n) is 4.49. The van der Waals surface area contributed by atoms with E-state index in [2.05, 4.69) is 25.6 Å². The Labute approximate surface area is 170 Å². The molecule has 2 aromatic rings. The van der Waals surface area contributed by atoms with Gasteiger partial charge in [0.15, 0.2) is 11.6 Å². The van der Waals surface area contributed by atoms with Crippen LogP contribution in [0.15, 0.2) is 67.3 Å². The lowest BCUT2D eigenvalue weighted by Gasteiger charge is -2.03. The van der Waals surface area contributed by atoms with E-state index in [1.165, 1.54) is 22.8 Å². The highest BCUT2D eigenvalue weighted by Gasteiger charge is 1.99. The molecule has 0 amide bonds. The number of aryl methyl sites for hydroxylation is 3. The Morgan fingerprint density at radius 2 is 1.54 bits per heavy atom. The third kappa shape index (κ3) is 9.27. The van der Waals surface area contributed by atoms with Gasteiger partial charge in [0.05, 0.1) is 0 Å². The first kappa shape index (κ1) is 23.3. The minimum absolute atomic E-state index is 0.138. The van der Waals surface area contributed by atoms with Crippen LogP contribution >= 0.6 is 0 Å². The average Bonchev–Trinajstić information content (AvgIpc) is 2.69. The van der Waals surface area contributed by atoms with Crippen LogP contribution < -0.4 is 0 Å². The Balaban J connectivity index is 0.000000280. The van der Waals surface area contributed by atoms with E-state index in [-0.39, 0.29) is 11.6 Å². The lowest BCUT2D eigenvalue weighted by atomic mass is 10.0. The fourth-order valence-corrected chi connectivity index (χ4v) is 2.73. The van der Waals surface area contributed by atoms with Crippen molar-refractivity contribution in [2.24, 2.45) is 0 Å². The number of ketones is 2. The van der Waals surface area contributed by atoms with Crippen molar-refractivity contribution in [2.45, 2.75) is 52.9 Å². The third-order valence-corrected chi connectivity index (χ3v) is 4.49. The van der Waals surface area contributed by atoms with Crippen molar-refractivity contribution in [1.82, 2.24) is 0 Å². The molecule has 0 radical (unpaired) electrons. The minimum Gasteiger partial charge on any atom is -0.295 e. The molecule has 0 N–H and O–H groups in total. The van der Waals surface area contributed by atoms with Gasteiger partial charge in [-0.05, 0) is 67.5 Å². The summed E-state index contributed by atoms with van der Waals surface area (Å²) in [5.41, 5.74) is 4.97. The van der Waals surface area contributed by atoms with Crippen molar-refractivity contribution in [3.8, 4) is 0 Å². The molecule has 0 fully saturated rings. The highest BCUT2D eigenvalue weighted by molar-refractivity contribution is 5.93. The van der Waals surface area contributed by atoms with Gasteiger partial charge in [-0.3, -0.25) is 9.59 Å². The molecule has 0 spiro atoms. The Morgan fingerprint density at radius 1 is 0.893 bits per heavy atom. The molecule has 0 saturated heterocycles. The van der Waals surface area contributed by atoms with Crippen LogP contribution in [0.25, 0.3) is 6.08 Å². The van der Waals surface area contributed by atoms with E-state index in [0.29, 0.717) is 12.8 Å². The van der Waals surface area contributed by atoms with Crippen LogP contribution in [-0.4, -0.2) is 11.6 Å². The van der Waals surface area contributed by atoms with Crippen LogP contribution in [-0.2, 0) is 16.0 Å². The van der Waals surface area contributed by atoms with Gasteiger partial charge < -0.3 is 0 Å². The smallest absolute Gasteiger partial charge is 0.155 e. The Kier molecular flexibility index (Phi) is 11.2. The van der Waals surface area contributed by atoms with Gasteiger partial charge in [-0.25, -0.2) is 0 Å². The van der Waals surface area contributed by atoms with Crippen LogP contribution in [0.1, 0.15) is 54.9 Å². The van der Waals surface area contributed by atoms with E-state index in [1.807, 2.05) is 56.3 Å². The molecular formula is C26H32O2. The van der Waals surface area contributed by atoms with Crippen molar-refractivity contribution in [3.63, 3.8) is 0 Å². The van der Waals surface area contributed by atoms with Crippen molar-refractivity contribution in [3.05, 3.63) is 89.5 Å². The first-order valence-corrected chi connectivity index (χ1v) is 9.94. The van der Waals surface area contributed by atoms with Gasteiger partial charge in [0, 0.05) is 12.8 Å². The zero-order valence-corrected chi connectivity index (χ0v) is 17.4. The quantitative estimate of drug-likeness (QED) is 0.471. The molecule has 2 heteroatoms. The molecule has 0 aliphatic rings. The molecule has 0 unspecified atom stereocenters. The van der Waals surface area contributed by atoms with Gasteiger partial charge >= 0.3 is 0 Å². The number of rotatable bonds is 9. The van der Waals surface area contributed by atoms with Crippen LogP contribution in [0.3, 0.4) is 0 Å². The predicted molar refractivity (Wildman–Crippen MR) is 119 cm³/mol. The largest absolute Gasteiger partial charge is 0.295 e. The highest BCUT2D eigenvalue weighted by atomic mass is 16.1. The zero-order valence-electron chi connectivity index (χ0n) is 17.4. The monoisotopic (exact) mass is 376 g/mol. The fraction of sp³-hybridized carbons (Fsp3) is 0.308. The number of hydrogen-bond acceptors (Lipinski definition) is 2. The molecule has 2 rings (SSSR count). The molecule has 0 aliphatic carbocycles. The SMILES string of the molecule is C=CC(=O)CCCc1ccccc1C.CCCC(=O)C=Cc1ccccc1C. The van der Waals surface area contributed by atoms with E-state index in [0.717, 1.165) is 24.8 Å². The van der Waals surface area contributed by atoms with E-state index >= 15 is 0 Å². The summed E-state index contributed by atoms with van der Waals surface area (Å²) in [6.07, 6.45) is 9.02. The van der Waals surface area contributed by atoms with Crippen LogP contribution in [0.4, 0.5) is 0 Å².